The molecule has 1 heterocycles. The van der Waals surface area contributed by atoms with Crippen LogP contribution in [0.3, 0.4) is 0 Å². The van der Waals surface area contributed by atoms with Gasteiger partial charge in [-0.05, 0) is 38.1 Å². The minimum atomic E-state index is -0.697. The van der Waals surface area contributed by atoms with Gasteiger partial charge in [-0.2, -0.15) is 0 Å². The van der Waals surface area contributed by atoms with Gasteiger partial charge < -0.3 is 15.4 Å². The molecule has 2 N–H and O–H groups in total. The summed E-state index contributed by atoms with van der Waals surface area (Å²) in [4.78, 5) is 8.50. The van der Waals surface area contributed by atoms with Gasteiger partial charge in [0.1, 0.15) is 40.5 Å². The van der Waals surface area contributed by atoms with Crippen LogP contribution in [-0.4, -0.2) is 16.6 Å². The predicted octanol–water partition coefficient (Wildman–Crippen LogP) is 4.95. The first-order chi connectivity index (χ1) is 12.6. The average molecular weight is 356 g/mol. The number of nitrogens with zero attached hydrogens (tertiary/aromatic N) is 2. The summed E-state index contributed by atoms with van der Waals surface area (Å²) >= 11 is 0. The fraction of sp³-hybridized carbons (Fsp3) is 0.158. The van der Waals surface area contributed by atoms with Crippen molar-refractivity contribution in [2.45, 2.75) is 13.8 Å². The van der Waals surface area contributed by atoms with Gasteiger partial charge in [0.15, 0.2) is 0 Å². The summed E-state index contributed by atoms with van der Waals surface area (Å²) < 4.78 is 33.3. The zero-order chi connectivity index (χ0) is 18.5. The van der Waals surface area contributed by atoms with Gasteiger partial charge in [0.2, 0.25) is 0 Å². The first kappa shape index (κ1) is 17.6. The van der Waals surface area contributed by atoms with Crippen molar-refractivity contribution in [1.82, 2.24) is 9.97 Å². The summed E-state index contributed by atoms with van der Waals surface area (Å²) in [7, 11) is 0. The lowest BCUT2D eigenvalue weighted by Gasteiger charge is -2.13. The Hall–Kier alpha value is -3.22. The molecule has 0 bridgehead atoms. The number of nitrogens with one attached hydrogen (secondary N) is 2. The maximum absolute atomic E-state index is 13.8. The Balaban J connectivity index is 1.89. The Labute approximate surface area is 150 Å². The minimum Gasteiger partial charge on any atom is -0.492 e. The third kappa shape index (κ3) is 4.05. The van der Waals surface area contributed by atoms with Gasteiger partial charge in [-0.3, -0.25) is 0 Å². The van der Waals surface area contributed by atoms with E-state index in [0.29, 0.717) is 24.0 Å². The first-order valence-corrected chi connectivity index (χ1v) is 8.12. The number of halogens is 2. The van der Waals surface area contributed by atoms with Crippen molar-refractivity contribution in [2.24, 2.45) is 0 Å². The van der Waals surface area contributed by atoms with Crippen LogP contribution in [0.25, 0.3) is 0 Å². The quantitative estimate of drug-likeness (QED) is 0.654. The number of benzene rings is 2. The number of hydrogen-bond donors (Lipinski definition) is 2. The van der Waals surface area contributed by atoms with E-state index in [1.807, 2.05) is 31.2 Å². The van der Waals surface area contributed by atoms with E-state index in [0.717, 1.165) is 5.69 Å². The number of aryl methyl sites for hydroxylation is 1. The second-order valence-corrected chi connectivity index (χ2v) is 5.46. The number of para-hydroxylation sites is 3. The van der Waals surface area contributed by atoms with Gasteiger partial charge in [-0.25, -0.2) is 18.7 Å². The van der Waals surface area contributed by atoms with Crippen LogP contribution in [0, 0.1) is 18.6 Å². The van der Waals surface area contributed by atoms with Gasteiger partial charge in [-0.15, -0.1) is 0 Å². The van der Waals surface area contributed by atoms with Crippen molar-refractivity contribution >= 4 is 23.0 Å². The Bertz CT molecular complexity index is 898. The van der Waals surface area contributed by atoms with E-state index in [9.17, 15) is 8.78 Å². The summed E-state index contributed by atoms with van der Waals surface area (Å²) in [6.45, 7) is 4.12. The first-order valence-electron chi connectivity index (χ1n) is 8.12. The van der Waals surface area contributed by atoms with Gasteiger partial charge >= 0.3 is 0 Å². The van der Waals surface area contributed by atoms with Crippen molar-refractivity contribution in [2.75, 3.05) is 17.2 Å². The van der Waals surface area contributed by atoms with E-state index in [4.69, 9.17) is 4.74 Å². The SMILES string of the molecule is CCOc1ccccc1Nc1cc(Nc2c(F)cccc2F)nc(C)n1. The van der Waals surface area contributed by atoms with Gasteiger partial charge in [0, 0.05) is 6.07 Å². The molecule has 0 aliphatic heterocycles. The Morgan fingerprint density at radius 2 is 1.58 bits per heavy atom. The molecule has 26 heavy (non-hydrogen) atoms. The Morgan fingerprint density at radius 1 is 0.923 bits per heavy atom. The fourth-order valence-electron chi connectivity index (χ4n) is 2.43. The van der Waals surface area contributed by atoms with Crippen molar-refractivity contribution in [3.8, 4) is 5.75 Å². The van der Waals surface area contributed by atoms with Crippen molar-refractivity contribution in [1.29, 1.82) is 0 Å². The summed E-state index contributed by atoms with van der Waals surface area (Å²) in [5.74, 6) is 0.487. The fourth-order valence-corrected chi connectivity index (χ4v) is 2.43. The zero-order valence-corrected chi connectivity index (χ0v) is 14.4. The molecule has 0 saturated carbocycles. The van der Waals surface area contributed by atoms with Crippen LogP contribution in [0.15, 0.2) is 48.5 Å². The number of hydrogen-bond acceptors (Lipinski definition) is 5. The number of rotatable bonds is 6. The summed E-state index contributed by atoms with van der Waals surface area (Å²) in [5, 5.41) is 5.82. The van der Waals surface area contributed by atoms with E-state index in [2.05, 4.69) is 20.6 Å². The molecule has 0 amide bonds. The van der Waals surface area contributed by atoms with E-state index in [-0.39, 0.29) is 11.5 Å². The van der Waals surface area contributed by atoms with Crippen LogP contribution in [0.1, 0.15) is 12.7 Å². The third-order valence-electron chi connectivity index (χ3n) is 3.50. The molecule has 3 aromatic rings. The Morgan fingerprint density at radius 3 is 2.27 bits per heavy atom. The largest absolute Gasteiger partial charge is 0.492 e. The predicted molar refractivity (Wildman–Crippen MR) is 97.3 cm³/mol. The maximum Gasteiger partial charge on any atom is 0.149 e. The molecular formula is C19H18F2N4O. The number of ether oxygens (including phenoxy) is 1. The van der Waals surface area contributed by atoms with E-state index < -0.39 is 11.6 Å². The van der Waals surface area contributed by atoms with Crippen LogP contribution in [0.2, 0.25) is 0 Å². The van der Waals surface area contributed by atoms with E-state index in [1.165, 1.54) is 18.2 Å². The van der Waals surface area contributed by atoms with Gasteiger partial charge in [-0.1, -0.05) is 18.2 Å². The van der Waals surface area contributed by atoms with Gasteiger partial charge in [0.05, 0.1) is 12.3 Å². The molecule has 0 radical (unpaired) electrons. The number of anilines is 4. The molecule has 0 atom stereocenters. The number of aromatic nitrogens is 2. The molecule has 0 aliphatic carbocycles. The van der Waals surface area contributed by atoms with Crippen molar-refractivity contribution < 1.29 is 13.5 Å². The normalized spacial score (nSPS) is 10.5. The third-order valence-corrected chi connectivity index (χ3v) is 3.50. The Kier molecular flexibility index (Phi) is 5.26. The van der Waals surface area contributed by atoms with Crippen LogP contribution in [0.5, 0.6) is 5.75 Å². The summed E-state index contributed by atoms with van der Waals surface area (Å²) in [6, 6.07) is 12.7. The second-order valence-electron chi connectivity index (χ2n) is 5.46. The van der Waals surface area contributed by atoms with Crippen molar-refractivity contribution in [3.05, 3.63) is 66.0 Å². The topological polar surface area (TPSA) is 59.1 Å². The highest BCUT2D eigenvalue weighted by molar-refractivity contribution is 5.67. The highest BCUT2D eigenvalue weighted by Crippen LogP contribution is 2.28. The smallest absolute Gasteiger partial charge is 0.149 e. The molecule has 5 nitrogen and oxygen atoms in total. The summed E-state index contributed by atoms with van der Waals surface area (Å²) in [5.41, 5.74) is 0.474. The highest BCUT2D eigenvalue weighted by atomic mass is 19.1. The lowest BCUT2D eigenvalue weighted by Crippen LogP contribution is -2.04. The van der Waals surface area contributed by atoms with Gasteiger partial charge in [0.25, 0.3) is 0 Å². The van der Waals surface area contributed by atoms with E-state index >= 15 is 0 Å². The van der Waals surface area contributed by atoms with Crippen LogP contribution < -0.4 is 15.4 Å². The standard InChI is InChI=1S/C19H18F2N4O/c1-3-26-16-10-5-4-9-15(16)24-17-11-18(23-12(2)22-17)25-19-13(20)7-6-8-14(19)21/h4-11H,3H2,1-2H3,(H2,22,23,24,25). The average Bonchev–Trinajstić information content (AvgIpc) is 2.60. The van der Waals surface area contributed by atoms with E-state index in [1.54, 1.807) is 13.0 Å². The molecule has 0 aliphatic rings. The van der Waals surface area contributed by atoms with Crippen LogP contribution >= 0.6 is 0 Å². The molecule has 0 fully saturated rings. The summed E-state index contributed by atoms with van der Waals surface area (Å²) in [6.07, 6.45) is 0. The minimum absolute atomic E-state index is 0.258. The molecule has 0 unspecified atom stereocenters. The van der Waals surface area contributed by atoms with Crippen LogP contribution in [0.4, 0.5) is 31.8 Å². The molecule has 0 saturated heterocycles. The molecule has 3 rings (SSSR count). The highest BCUT2D eigenvalue weighted by Gasteiger charge is 2.11. The molecular weight excluding hydrogens is 338 g/mol. The maximum atomic E-state index is 13.8. The molecule has 1 aromatic heterocycles. The zero-order valence-electron chi connectivity index (χ0n) is 14.4. The monoisotopic (exact) mass is 356 g/mol. The lowest BCUT2D eigenvalue weighted by atomic mass is 10.3. The molecule has 7 heteroatoms. The van der Waals surface area contributed by atoms with Crippen molar-refractivity contribution in [3.63, 3.8) is 0 Å². The molecule has 134 valence electrons. The second kappa shape index (κ2) is 7.77. The lowest BCUT2D eigenvalue weighted by molar-refractivity contribution is 0.342. The molecule has 2 aromatic carbocycles. The van der Waals surface area contributed by atoms with Crippen LogP contribution in [-0.2, 0) is 0 Å². The molecule has 0 spiro atoms.